The second-order valence-electron chi connectivity index (χ2n) is 7.79. The average molecular weight is 378 g/mol. The summed E-state index contributed by atoms with van der Waals surface area (Å²) in [6.45, 7) is 7.72. The fourth-order valence-corrected chi connectivity index (χ4v) is 4.22. The van der Waals surface area contributed by atoms with E-state index in [-0.39, 0.29) is 17.8 Å². The van der Waals surface area contributed by atoms with Crippen LogP contribution in [-0.4, -0.2) is 56.7 Å². The summed E-state index contributed by atoms with van der Waals surface area (Å²) in [4.78, 5) is 14.8. The summed E-state index contributed by atoms with van der Waals surface area (Å²) in [6, 6.07) is 6.68. The van der Waals surface area contributed by atoms with Gasteiger partial charge < -0.3 is 15.4 Å². The molecule has 6 heteroatoms. The van der Waals surface area contributed by atoms with Crippen molar-refractivity contribution >= 4 is 5.91 Å². The predicted octanol–water partition coefficient (Wildman–Crippen LogP) is 2.34. The molecule has 2 fully saturated rings. The van der Waals surface area contributed by atoms with Gasteiger partial charge >= 0.3 is 0 Å². The molecule has 2 N–H and O–H groups in total. The number of benzene rings is 1. The molecule has 3 rings (SSSR count). The highest BCUT2D eigenvalue weighted by Crippen LogP contribution is 2.25. The first-order chi connectivity index (χ1) is 13.1. The summed E-state index contributed by atoms with van der Waals surface area (Å²) in [7, 11) is 0. The van der Waals surface area contributed by atoms with Gasteiger partial charge in [0.2, 0.25) is 5.91 Å². The lowest BCUT2D eigenvalue weighted by Crippen LogP contribution is -2.44. The summed E-state index contributed by atoms with van der Waals surface area (Å²) in [5, 5.41) is 6.48. The topological polar surface area (TPSA) is 53.6 Å². The Morgan fingerprint density at radius 2 is 2.07 bits per heavy atom. The monoisotopic (exact) mass is 377 g/mol. The predicted molar refractivity (Wildman–Crippen MR) is 104 cm³/mol. The molecule has 27 heavy (non-hydrogen) atoms. The molecule has 2 heterocycles. The van der Waals surface area contributed by atoms with Crippen LogP contribution in [0.1, 0.15) is 37.8 Å². The highest BCUT2D eigenvalue weighted by Gasteiger charge is 2.25. The zero-order valence-corrected chi connectivity index (χ0v) is 16.3. The molecule has 1 aromatic rings. The van der Waals surface area contributed by atoms with E-state index in [9.17, 15) is 9.18 Å². The third-order valence-corrected chi connectivity index (χ3v) is 5.91. The lowest BCUT2D eigenvalue weighted by atomic mass is 9.84. The Kier molecular flexibility index (Phi) is 7.61. The van der Waals surface area contributed by atoms with Gasteiger partial charge in [-0.15, -0.1) is 0 Å². The summed E-state index contributed by atoms with van der Waals surface area (Å²) in [5.41, 5.74) is 0.906. The molecule has 2 aliphatic heterocycles. The third kappa shape index (κ3) is 5.99. The summed E-state index contributed by atoms with van der Waals surface area (Å²) in [6.07, 6.45) is 2.85. The summed E-state index contributed by atoms with van der Waals surface area (Å²) in [5.74, 6) is 0.866. The van der Waals surface area contributed by atoms with Crippen LogP contribution >= 0.6 is 0 Å². The average Bonchev–Trinajstić information content (AvgIpc) is 2.70. The minimum atomic E-state index is -0.239. The number of piperidine rings is 1. The van der Waals surface area contributed by atoms with Crippen LogP contribution in [0.4, 0.5) is 4.39 Å². The number of rotatable bonds is 7. The van der Waals surface area contributed by atoms with Crippen molar-refractivity contribution < 1.29 is 13.9 Å². The molecule has 2 unspecified atom stereocenters. The summed E-state index contributed by atoms with van der Waals surface area (Å²) < 4.78 is 19.2. The summed E-state index contributed by atoms with van der Waals surface area (Å²) >= 11 is 0. The Morgan fingerprint density at radius 3 is 2.78 bits per heavy atom. The van der Waals surface area contributed by atoms with Gasteiger partial charge in [0.15, 0.2) is 0 Å². The van der Waals surface area contributed by atoms with Gasteiger partial charge in [0.05, 0.1) is 19.3 Å². The standard InChI is InChI=1S/C21H32FN3O2/c1-16(17-5-7-23-8-6-17)13-21(26)24-15-20(25-9-11-27-12-10-25)18-3-2-4-19(22)14-18/h2-4,14,16-17,20,23H,5-13,15H2,1H3,(H,24,26). The van der Waals surface area contributed by atoms with Crippen molar-refractivity contribution in [1.82, 2.24) is 15.5 Å². The maximum Gasteiger partial charge on any atom is 0.220 e. The van der Waals surface area contributed by atoms with E-state index < -0.39 is 0 Å². The van der Waals surface area contributed by atoms with Gasteiger partial charge in [0.1, 0.15) is 5.82 Å². The van der Waals surface area contributed by atoms with Crippen molar-refractivity contribution in [2.75, 3.05) is 45.9 Å². The Balaban J connectivity index is 1.57. The number of hydrogen-bond donors (Lipinski definition) is 2. The fourth-order valence-electron chi connectivity index (χ4n) is 4.22. The highest BCUT2D eigenvalue weighted by molar-refractivity contribution is 5.76. The first kappa shape index (κ1) is 20.2. The molecule has 0 saturated carbocycles. The maximum absolute atomic E-state index is 13.7. The van der Waals surface area contributed by atoms with Gasteiger partial charge in [0, 0.05) is 26.1 Å². The van der Waals surface area contributed by atoms with Crippen molar-refractivity contribution in [3.63, 3.8) is 0 Å². The Labute approximate surface area is 161 Å². The van der Waals surface area contributed by atoms with E-state index in [1.165, 1.54) is 6.07 Å². The zero-order valence-electron chi connectivity index (χ0n) is 16.3. The van der Waals surface area contributed by atoms with Crippen molar-refractivity contribution in [2.45, 2.75) is 32.2 Å². The van der Waals surface area contributed by atoms with Gasteiger partial charge in [-0.3, -0.25) is 9.69 Å². The molecular weight excluding hydrogens is 345 g/mol. The van der Waals surface area contributed by atoms with Gasteiger partial charge in [-0.2, -0.15) is 0 Å². The molecule has 5 nitrogen and oxygen atoms in total. The number of amides is 1. The Bertz CT molecular complexity index is 601. The smallest absolute Gasteiger partial charge is 0.220 e. The number of halogens is 1. The minimum absolute atomic E-state index is 0.0252. The molecule has 2 atom stereocenters. The molecule has 1 aromatic carbocycles. The van der Waals surface area contributed by atoms with E-state index in [0.717, 1.165) is 44.6 Å². The number of carbonyl (C=O) groups excluding carboxylic acids is 1. The molecule has 2 saturated heterocycles. The fraction of sp³-hybridized carbons (Fsp3) is 0.667. The van der Waals surface area contributed by atoms with E-state index in [0.29, 0.717) is 38.0 Å². The molecular formula is C21H32FN3O2. The number of nitrogens with zero attached hydrogens (tertiary/aromatic N) is 1. The van der Waals surface area contributed by atoms with Crippen LogP contribution in [0.5, 0.6) is 0 Å². The molecule has 0 aromatic heterocycles. The van der Waals surface area contributed by atoms with Crippen molar-refractivity contribution in [3.8, 4) is 0 Å². The SMILES string of the molecule is CC(CC(=O)NCC(c1cccc(F)c1)N1CCOCC1)C1CCNCC1. The lowest BCUT2D eigenvalue weighted by molar-refractivity contribution is -0.122. The third-order valence-electron chi connectivity index (χ3n) is 5.91. The van der Waals surface area contributed by atoms with Crippen LogP contribution in [0.3, 0.4) is 0 Å². The van der Waals surface area contributed by atoms with Crippen molar-refractivity contribution in [2.24, 2.45) is 11.8 Å². The number of ether oxygens (including phenoxy) is 1. The van der Waals surface area contributed by atoms with Crippen LogP contribution < -0.4 is 10.6 Å². The number of carbonyl (C=O) groups is 1. The normalized spacial score (nSPS) is 21.6. The highest BCUT2D eigenvalue weighted by atomic mass is 19.1. The largest absolute Gasteiger partial charge is 0.379 e. The second kappa shape index (κ2) is 10.2. The minimum Gasteiger partial charge on any atom is -0.379 e. The molecule has 2 aliphatic rings. The lowest BCUT2D eigenvalue weighted by Gasteiger charge is -2.35. The van der Waals surface area contributed by atoms with Crippen LogP contribution in [0, 0.1) is 17.7 Å². The first-order valence-corrected chi connectivity index (χ1v) is 10.2. The first-order valence-electron chi connectivity index (χ1n) is 10.2. The molecule has 0 radical (unpaired) electrons. The van der Waals surface area contributed by atoms with E-state index in [1.807, 2.05) is 6.07 Å². The molecule has 150 valence electrons. The van der Waals surface area contributed by atoms with Gasteiger partial charge in [-0.25, -0.2) is 4.39 Å². The molecule has 0 bridgehead atoms. The van der Waals surface area contributed by atoms with Gasteiger partial charge in [-0.1, -0.05) is 19.1 Å². The van der Waals surface area contributed by atoms with E-state index in [1.54, 1.807) is 12.1 Å². The number of morpholine rings is 1. The van der Waals surface area contributed by atoms with Crippen LogP contribution in [0.2, 0.25) is 0 Å². The maximum atomic E-state index is 13.7. The molecule has 0 aliphatic carbocycles. The van der Waals surface area contributed by atoms with Crippen molar-refractivity contribution in [3.05, 3.63) is 35.6 Å². The van der Waals surface area contributed by atoms with E-state index in [4.69, 9.17) is 4.74 Å². The van der Waals surface area contributed by atoms with Crippen LogP contribution in [0.15, 0.2) is 24.3 Å². The van der Waals surface area contributed by atoms with Crippen LogP contribution in [-0.2, 0) is 9.53 Å². The quantitative estimate of drug-likeness (QED) is 0.766. The molecule has 0 spiro atoms. The number of nitrogens with one attached hydrogen (secondary N) is 2. The van der Waals surface area contributed by atoms with Crippen molar-refractivity contribution in [1.29, 1.82) is 0 Å². The molecule has 1 amide bonds. The number of hydrogen-bond acceptors (Lipinski definition) is 4. The van der Waals surface area contributed by atoms with Gasteiger partial charge in [-0.05, 0) is 55.5 Å². The van der Waals surface area contributed by atoms with E-state index >= 15 is 0 Å². The van der Waals surface area contributed by atoms with Gasteiger partial charge in [0.25, 0.3) is 0 Å². The zero-order chi connectivity index (χ0) is 19.1. The Hall–Kier alpha value is -1.50. The second-order valence-corrected chi connectivity index (χ2v) is 7.79. The Morgan fingerprint density at radius 1 is 1.33 bits per heavy atom. The van der Waals surface area contributed by atoms with Crippen LogP contribution in [0.25, 0.3) is 0 Å². The van der Waals surface area contributed by atoms with E-state index in [2.05, 4.69) is 22.5 Å².